The van der Waals surface area contributed by atoms with Crippen molar-refractivity contribution in [1.29, 1.82) is 0 Å². The second kappa shape index (κ2) is 7.56. The largest absolute Gasteiger partial charge is 0.298 e. The lowest BCUT2D eigenvalue weighted by atomic mass is 10.0. The zero-order chi connectivity index (χ0) is 18.6. The fraction of sp³-hybridized carbons (Fsp3) is 0.0435. The van der Waals surface area contributed by atoms with Crippen molar-refractivity contribution in [3.05, 3.63) is 95.6 Å². The van der Waals surface area contributed by atoms with Crippen LogP contribution in [0.1, 0.15) is 16.7 Å². The van der Waals surface area contributed by atoms with Gasteiger partial charge in [-0.25, -0.2) is 4.98 Å². The Balaban J connectivity index is 1.68. The van der Waals surface area contributed by atoms with Crippen LogP contribution in [0.5, 0.6) is 0 Å². The molecule has 0 spiro atoms. The molecule has 0 aliphatic heterocycles. The highest BCUT2D eigenvalue weighted by Crippen LogP contribution is 2.28. The highest BCUT2D eigenvalue weighted by atomic mass is 32.1. The van der Waals surface area contributed by atoms with Gasteiger partial charge in [0.1, 0.15) is 0 Å². The van der Waals surface area contributed by atoms with Gasteiger partial charge in [-0.05, 0) is 41.8 Å². The van der Waals surface area contributed by atoms with Crippen molar-refractivity contribution in [3.63, 3.8) is 0 Å². The van der Waals surface area contributed by atoms with Gasteiger partial charge in [-0.2, -0.15) is 0 Å². The van der Waals surface area contributed by atoms with E-state index in [1.165, 1.54) is 16.9 Å². The number of fused-ring (bicyclic) bond motifs is 1. The summed E-state index contributed by atoms with van der Waals surface area (Å²) in [5, 5.41) is 3.58. The predicted octanol–water partition coefficient (Wildman–Crippen LogP) is 5.78. The number of thiazole rings is 1. The molecular formula is C23H18N2OS. The van der Waals surface area contributed by atoms with Crippen molar-refractivity contribution in [2.24, 2.45) is 0 Å². The number of hydrogen-bond acceptors (Lipinski definition) is 3. The summed E-state index contributed by atoms with van der Waals surface area (Å²) in [4.78, 5) is 17.6. The monoisotopic (exact) mass is 370 g/mol. The number of carbonyl (C=O) groups excluding carboxylic acids is 1. The van der Waals surface area contributed by atoms with E-state index in [9.17, 15) is 4.79 Å². The number of aryl methyl sites for hydroxylation is 1. The van der Waals surface area contributed by atoms with Gasteiger partial charge >= 0.3 is 0 Å². The summed E-state index contributed by atoms with van der Waals surface area (Å²) in [7, 11) is 0. The number of nitrogens with zero attached hydrogens (tertiary/aromatic N) is 1. The van der Waals surface area contributed by atoms with E-state index in [2.05, 4.69) is 16.4 Å². The molecule has 1 N–H and O–H groups in total. The molecule has 3 aromatic carbocycles. The molecule has 0 bridgehead atoms. The number of benzene rings is 3. The van der Waals surface area contributed by atoms with Crippen molar-refractivity contribution in [2.75, 3.05) is 5.32 Å². The highest BCUT2D eigenvalue weighted by molar-refractivity contribution is 7.22. The van der Waals surface area contributed by atoms with Gasteiger partial charge in [0, 0.05) is 5.57 Å². The van der Waals surface area contributed by atoms with E-state index in [1.54, 1.807) is 0 Å². The van der Waals surface area contributed by atoms with Crippen LogP contribution in [0.3, 0.4) is 0 Å². The van der Waals surface area contributed by atoms with Crippen molar-refractivity contribution in [3.8, 4) is 0 Å². The molecule has 27 heavy (non-hydrogen) atoms. The number of anilines is 1. The van der Waals surface area contributed by atoms with Crippen LogP contribution in [-0.2, 0) is 4.79 Å². The first-order valence-corrected chi connectivity index (χ1v) is 9.51. The summed E-state index contributed by atoms with van der Waals surface area (Å²) in [5.74, 6) is -0.166. The quantitative estimate of drug-likeness (QED) is 0.365. The van der Waals surface area contributed by atoms with E-state index < -0.39 is 0 Å². The van der Waals surface area contributed by atoms with Gasteiger partial charge in [0.25, 0.3) is 5.91 Å². The topological polar surface area (TPSA) is 42.0 Å². The van der Waals surface area contributed by atoms with E-state index in [0.717, 1.165) is 21.3 Å². The zero-order valence-corrected chi connectivity index (χ0v) is 15.7. The molecule has 3 nitrogen and oxygen atoms in total. The van der Waals surface area contributed by atoms with Crippen LogP contribution >= 0.6 is 11.3 Å². The maximum absolute atomic E-state index is 13.0. The van der Waals surface area contributed by atoms with E-state index in [-0.39, 0.29) is 5.91 Å². The Morgan fingerprint density at radius 1 is 0.963 bits per heavy atom. The van der Waals surface area contributed by atoms with Crippen LogP contribution < -0.4 is 5.32 Å². The number of nitrogens with one attached hydrogen (secondary N) is 1. The number of carbonyl (C=O) groups is 1. The molecule has 0 unspecified atom stereocenters. The molecule has 0 saturated heterocycles. The van der Waals surface area contributed by atoms with E-state index in [0.29, 0.717) is 10.7 Å². The second-order valence-electron chi connectivity index (χ2n) is 6.28. The molecule has 1 heterocycles. The SMILES string of the molecule is Cc1ccc2nc(NC(=O)C(=Cc3ccccc3)c3ccccc3)sc2c1. The Hall–Kier alpha value is -3.24. The fourth-order valence-corrected chi connectivity index (χ4v) is 3.82. The first-order chi connectivity index (χ1) is 13.2. The minimum absolute atomic E-state index is 0.166. The summed E-state index contributed by atoms with van der Waals surface area (Å²) in [5.41, 5.74) is 4.53. The molecule has 4 aromatic rings. The lowest BCUT2D eigenvalue weighted by Gasteiger charge is -2.08. The molecule has 4 heteroatoms. The summed E-state index contributed by atoms with van der Waals surface area (Å²) < 4.78 is 1.07. The maximum atomic E-state index is 13.0. The first-order valence-electron chi connectivity index (χ1n) is 8.70. The Morgan fingerprint density at radius 2 is 1.67 bits per heavy atom. The van der Waals surface area contributed by atoms with Crippen molar-refractivity contribution in [2.45, 2.75) is 6.92 Å². The average Bonchev–Trinajstić information content (AvgIpc) is 3.08. The molecule has 1 aromatic heterocycles. The van der Waals surface area contributed by atoms with Crippen LogP contribution in [0.15, 0.2) is 78.9 Å². The fourth-order valence-electron chi connectivity index (χ4n) is 2.86. The molecule has 132 valence electrons. The van der Waals surface area contributed by atoms with Gasteiger partial charge in [-0.1, -0.05) is 78.1 Å². The van der Waals surface area contributed by atoms with Gasteiger partial charge < -0.3 is 0 Å². The summed E-state index contributed by atoms with van der Waals surface area (Å²) >= 11 is 1.49. The van der Waals surface area contributed by atoms with Gasteiger partial charge in [-0.15, -0.1) is 0 Å². The van der Waals surface area contributed by atoms with E-state index in [4.69, 9.17) is 0 Å². The lowest BCUT2D eigenvalue weighted by molar-refractivity contribution is -0.111. The number of hydrogen-bond donors (Lipinski definition) is 1. The van der Waals surface area contributed by atoms with Crippen LogP contribution in [0.25, 0.3) is 21.9 Å². The standard InChI is InChI=1S/C23H18N2OS/c1-16-12-13-20-21(14-16)27-23(24-20)25-22(26)19(18-10-6-3-7-11-18)15-17-8-4-2-5-9-17/h2-15H,1H3,(H,24,25,26). The maximum Gasteiger partial charge on any atom is 0.258 e. The third-order valence-electron chi connectivity index (χ3n) is 4.20. The minimum atomic E-state index is -0.166. The van der Waals surface area contributed by atoms with Crippen molar-refractivity contribution >= 4 is 44.2 Å². The van der Waals surface area contributed by atoms with Crippen LogP contribution in [-0.4, -0.2) is 10.9 Å². The second-order valence-corrected chi connectivity index (χ2v) is 7.31. The highest BCUT2D eigenvalue weighted by Gasteiger charge is 2.14. The van der Waals surface area contributed by atoms with Crippen molar-refractivity contribution < 1.29 is 4.79 Å². The molecule has 0 atom stereocenters. The number of rotatable bonds is 4. The third kappa shape index (κ3) is 3.96. The van der Waals surface area contributed by atoms with E-state index in [1.807, 2.05) is 85.8 Å². The Labute approximate surface area is 162 Å². The van der Waals surface area contributed by atoms with Gasteiger partial charge in [0.2, 0.25) is 0 Å². The molecule has 0 aliphatic rings. The smallest absolute Gasteiger partial charge is 0.258 e. The first kappa shape index (κ1) is 17.2. The van der Waals surface area contributed by atoms with E-state index >= 15 is 0 Å². The van der Waals surface area contributed by atoms with Gasteiger partial charge in [0.15, 0.2) is 5.13 Å². The molecule has 0 radical (unpaired) electrons. The summed E-state index contributed by atoms with van der Waals surface area (Å²) in [6, 6.07) is 25.6. The molecule has 4 rings (SSSR count). The predicted molar refractivity (Wildman–Crippen MR) is 114 cm³/mol. The molecule has 0 aliphatic carbocycles. The Morgan fingerprint density at radius 3 is 2.41 bits per heavy atom. The van der Waals surface area contributed by atoms with Crippen LogP contribution in [0, 0.1) is 6.92 Å². The summed E-state index contributed by atoms with van der Waals surface area (Å²) in [6.07, 6.45) is 1.90. The van der Waals surface area contributed by atoms with Crippen molar-refractivity contribution in [1.82, 2.24) is 4.98 Å². The molecule has 1 amide bonds. The molecular weight excluding hydrogens is 352 g/mol. The van der Waals surface area contributed by atoms with Crippen LogP contribution in [0.2, 0.25) is 0 Å². The third-order valence-corrected chi connectivity index (χ3v) is 5.14. The minimum Gasteiger partial charge on any atom is -0.298 e. The normalized spacial score (nSPS) is 11.5. The zero-order valence-electron chi connectivity index (χ0n) is 14.8. The van der Waals surface area contributed by atoms with Gasteiger partial charge in [-0.3, -0.25) is 10.1 Å². The number of aromatic nitrogens is 1. The van der Waals surface area contributed by atoms with Gasteiger partial charge in [0.05, 0.1) is 10.2 Å². The Kier molecular flexibility index (Phi) is 4.81. The average molecular weight is 370 g/mol. The lowest BCUT2D eigenvalue weighted by Crippen LogP contribution is -2.13. The summed E-state index contributed by atoms with van der Waals surface area (Å²) in [6.45, 7) is 2.05. The molecule has 0 saturated carbocycles. The number of amides is 1. The Bertz CT molecular complexity index is 1120. The molecule has 0 fully saturated rings. The van der Waals surface area contributed by atoms with Crippen LogP contribution in [0.4, 0.5) is 5.13 Å².